The van der Waals surface area contributed by atoms with Gasteiger partial charge in [-0.1, -0.05) is 24.3 Å². The summed E-state index contributed by atoms with van der Waals surface area (Å²) in [5.41, 5.74) is 1.82. The van der Waals surface area contributed by atoms with Crippen LogP contribution in [0.4, 0.5) is 0 Å². The van der Waals surface area contributed by atoms with E-state index >= 15 is 0 Å². The molecular formula is C16H20N2O. The first-order chi connectivity index (χ1) is 9.15. The van der Waals surface area contributed by atoms with Crippen molar-refractivity contribution in [3.63, 3.8) is 0 Å². The molecule has 1 aliphatic rings. The molecule has 0 saturated heterocycles. The fraction of sp³-hybridized carbons (Fsp3) is 0.500. The summed E-state index contributed by atoms with van der Waals surface area (Å²) < 4.78 is 0. The van der Waals surface area contributed by atoms with E-state index in [-0.39, 0.29) is 5.91 Å². The zero-order valence-corrected chi connectivity index (χ0v) is 11.4. The zero-order chi connectivity index (χ0) is 13.7. The van der Waals surface area contributed by atoms with Crippen LogP contribution >= 0.6 is 0 Å². The van der Waals surface area contributed by atoms with Gasteiger partial charge in [0.2, 0.25) is 5.91 Å². The van der Waals surface area contributed by atoms with Gasteiger partial charge in [0.05, 0.1) is 6.07 Å². The van der Waals surface area contributed by atoms with E-state index in [4.69, 9.17) is 0 Å². The lowest BCUT2D eigenvalue weighted by molar-refractivity contribution is -0.122. The number of nitrogens with zero attached hydrogens (tertiary/aromatic N) is 1. The van der Waals surface area contributed by atoms with Gasteiger partial charge in [-0.3, -0.25) is 4.79 Å². The summed E-state index contributed by atoms with van der Waals surface area (Å²) in [5.74, 6) is -0.00768. The lowest BCUT2D eigenvalue weighted by atomic mass is 9.98. The normalized spacial score (nSPS) is 16.8. The van der Waals surface area contributed by atoms with Crippen molar-refractivity contribution in [2.75, 3.05) is 0 Å². The average Bonchev–Trinajstić information content (AvgIpc) is 2.87. The highest BCUT2D eigenvalue weighted by Crippen LogP contribution is 2.28. The Kier molecular flexibility index (Phi) is 4.21. The molecule has 1 amide bonds. The molecule has 1 fully saturated rings. The molecule has 3 nitrogen and oxygen atoms in total. The molecule has 100 valence electrons. The Hall–Kier alpha value is -1.82. The summed E-state index contributed by atoms with van der Waals surface area (Å²) in [5, 5.41) is 12.2. The fourth-order valence-corrected chi connectivity index (χ4v) is 2.71. The van der Waals surface area contributed by atoms with E-state index in [0.717, 1.165) is 32.1 Å². The summed E-state index contributed by atoms with van der Waals surface area (Å²) in [7, 11) is 0. The van der Waals surface area contributed by atoms with Crippen LogP contribution in [0.25, 0.3) is 0 Å². The fourth-order valence-electron chi connectivity index (χ4n) is 2.71. The number of nitrogens with one attached hydrogen (secondary N) is 1. The standard InChI is InChI=1S/C16H20N2O/c1-13-6-2-3-7-14(13)8-9-15(19)18-16(12-17)10-4-5-11-16/h2-3,6-7H,4-5,8-11H2,1H3,(H,18,19). The maximum atomic E-state index is 12.0. The van der Waals surface area contributed by atoms with Gasteiger partial charge in [0.25, 0.3) is 0 Å². The van der Waals surface area contributed by atoms with Crippen LogP contribution < -0.4 is 5.32 Å². The van der Waals surface area contributed by atoms with E-state index in [2.05, 4.69) is 30.4 Å². The van der Waals surface area contributed by atoms with E-state index in [0.29, 0.717) is 6.42 Å². The maximum absolute atomic E-state index is 12.0. The molecule has 0 unspecified atom stereocenters. The molecule has 0 heterocycles. The maximum Gasteiger partial charge on any atom is 0.221 e. The SMILES string of the molecule is Cc1ccccc1CCC(=O)NC1(C#N)CCCC1. The van der Waals surface area contributed by atoms with E-state index in [1.54, 1.807) is 0 Å². The van der Waals surface area contributed by atoms with Crippen LogP contribution in [-0.4, -0.2) is 11.4 Å². The number of carbonyl (C=O) groups is 1. The summed E-state index contributed by atoms with van der Waals surface area (Å²) in [4.78, 5) is 12.0. The predicted octanol–water partition coefficient (Wildman–Crippen LogP) is 2.88. The first-order valence-electron chi connectivity index (χ1n) is 6.92. The van der Waals surface area contributed by atoms with E-state index in [1.165, 1.54) is 11.1 Å². The van der Waals surface area contributed by atoms with Gasteiger partial charge in [-0.25, -0.2) is 0 Å². The van der Waals surface area contributed by atoms with E-state index in [9.17, 15) is 10.1 Å². The van der Waals surface area contributed by atoms with Crippen molar-refractivity contribution in [3.8, 4) is 6.07 Å². The number of amides is 1. The monoisotopic (exact) mass is 256 g/mol. The number of hydrogen-bond donors (Lipinski definition) is 1. The third-order valence-corrected chi connectivity index (χ3v) is 3.93. The molecule has 0 atom stereocenters. The average molecular weight is 256 g/mol. The Labute approximate surface area is 114 Å². The van der Waals surface area contributed by atoms with Gasteiger partial charge >= 0.3 is 0 Å². The number of nitriles is 1. The Bertz CT molecular complexity index is 496. The minimum atomic E-state index is -0.594. The minimum Gasteiger partial charge on any atom is -0.338 e. The first-order valence-corrected chi connectivity index (χ1v) is 6.92. The Morgan fingerprint density at radius 2 is 2.05 bits per heavy atom. The highest BCUT2D eigenvalue weighted by atomic mass is 16.1. The third kappa shape index (κ3) is 3.35. The number of carbonyl (C=O) groups excluding carboxylic acids is 1. The van der Waals surface area contributed by atoms with Gasteiger partial charge in [0.1, 0.15) is 5.54 Å². The Morgan fingerprint density at radius 3 is 2.68 bits per heavy atom. The van der Waals surface area contributed by atoms with Crippen molar-refractivity contribution >= 4 is 5.91 Å². The summed E-state index contributed by atoms with van der Waals surface area (Å²) in [6.07, 6.45) is 4.84. The quantitative estimate of drug-likeness (QED) is 0.900. The van der Waals surface area contributed by atoms with E-state index in [1.807, 2.05) is 12.1 Å². The Morgan fingerprint density at radius 1 is 1.37 bits per heavy atom. The number of hydrogen-bond acceptors (Lipinski definition) is 2. The molecule has 1 saturated carbocycles. The second kappa shape index (κ2) is 5.88. The second-order valence-corrected chi connectivity index (χ2v) is 5.38. The lowest BCUT2D eigenvalue weighted by Gasteiger charge is -2.22. The van der Waals surface area contributed by atoms with Crippen LogP contribution in [0.1, 0.15) is 43.2 Å². The van der Waals surface area contributed by atoms with Crippen LogP contribution in [0.15, 0.2) is 24.3 Å². The smallest absolute Gasteiger partial charge is 0.221 e. The molecule has 3 heteroatoms. The van der Waals surface area contributed by atoms with Crippen LogP contribution in [-0.2, 0) is 11.2 Å². The third-order valence-electron chi connectivity index (χ3n) is 3.93. The van der Waals surface area contributed by atoms with Crippen molar-refractivity contribution < 1.29 is 4.79 Å². The second-order valence-electron chi connectivity index (χ2n) is 5.38. The van der Waals surface area contributed by atoms with Crippen LogP contribution in [0.2, 0.25) is 0 Å². The van der Waals surface area contributed by atoms with Crippen molar-refractivity contribution in [2.45, 2.75) is 51.0 Å². The molecule has 2 rings (SSSR count). The minimum absolute atomic E-state index is 0.00768. The number of aryl methyl sites for hydroxylation is 2. The lowest BCUT2D eigenvalue weighted by Crippen LogP contribution is -2.45. The van der Waals surface area contributed by atoms with Gasteiger partial charge < -0.3 is 5.32 Å². The van der Waals surface area contributed by atoms with Crippen molar-refractivity contribution in [2.24, 2.45) is 0 Å². The van der Waals surface area contributed by atoms with Gasteiger partial charge in [-0.05, 0) is 50.2 Å². The highest BCUT2D eigenvalue weighted by molar-refractivity contribution is 5.77. The summed E-state index contributed by atoms with van der Waals surface area (Å²) in [6, 6.07) is 10.4. The summed E-state index contributed by atoms with van der Waals surface area (Å²) >= 11 is 0. The Balaban J connectivity index is 1.89. The summed E-state index contributed by atoms with van der Waals surface area (Å²) in [6.45, 7) is 2.06. The van der Waals surface area contributed by atoms with Gasteiger partial charge in [-0.2, -0.15) is 5.26 Å². The van der Waals surface area contributed by atoms with Gasteiger partial charge in [-0.15, -0.1) is 0 Å². The van der Waals surface area contributed by atoms with Gasteiger partial charge in [0, 0.05) is 6.42 Å². The molecule has 0 spiro atoms. The molecule has 19 heavy (non-hydrogen) atoms. The molecule has 1 aromatic rings. The zero-order valence-electron chi connectivity index (χ0n) is 11.4. The molecule has 0 aliphatic heterocycles. The topological polar surface area (TPSA) is 52.9 Å². The molecule has 0 aromatic heterocycles. The largest absolute Gasteiger partial charge is 0.338 e. The van der Waals surface area contributed by atoms with Crippen molar-refractivity contribution in [1.82, 2.24) is 5.32 Å². The number of benzene rings is 1. The number of rotatable bonds is 4. The molecule has 1 aromatic carbocycles. The van der Waals surface area contributed by atoms with Crippen molar-refractivity contribution in [1.29, 1.82) is 5.26 Å². The molecular weight excluding hydrogens is 236 g/mol. The van der Waals surface area contributed by atoms with Crippen molar-refractivity contribution in [3.05, 3.63) is 35.4 Å². The molecule has 1 N–H and O–H groups in total. The van der Waals surface area contributed by atoms with Crippen LogP contribution in [0, 0.1) is 18.3 Å². The van der Waals surface area contributed by atoms with E-state index < -0.39 is 5.54 Å². The van der Waals surface area contributed by atoms with Crippen LogP contribution in [0.5, 0.6) is 0 Å². The molecule has 0 bridgehead atoms. The highest BCUT2D eigenvalue weighted by Gasteiger charge is 2.35. The molecule has 1 aliphatic carbocycles. The first kappa shape index (κ1) is 13.6. The van der Waals surface area contributed by atoms with Gasteiger partial charge in [0.15, 0.2) is 0 Å². The molecule has 0 radical (unpaired) electrons. The van der Waals surface area contributed by atoms with Crippen LogP contribution in [0.3, 0.4) is 0 Å². The predicted molar refractivity (Wildman–Crippen MR) is 74.5 cm³/mol.